The van der Waals surface area contributed by atoms with Crippen molar-refractivity contribution in [2.24, 2.45) is 0 Å². The average molecular weight is 355 g/mol. The van der Waals surface area contributed by atoms with Crippen LogP contribution in [0.4, 0.5) is 5.95 Å². The SMILES string of the molecule is Nc1nc2c(ncn2CCOP(=O)(O)OP(=O)(O)O)c(=O)[nH]1. The Morgan fingerprint density at radius 2 is 2.05 bits per heavy atom. The van der Waals surface area contributed by atoms with Gasteiger partial charge in [0.1, 0.15) is 0 Å². The van der Waals surface area contributed by atoms with E-state index in [-0.39, 0.29) is 23.7 Å². The summed E-state index contributed by atoms with van der Waals surface area (Å²) in [6.45, 7) is -0.560. The van der Waals surface area contributed by atoms with Crippen molar-refractivity contribution < 1.29 is 32.6 Å². The minimum Gasteiger partial charge on any atom is -0.369 e. The molecule has 2 rings (SSSR count). The van der Waals surface area contributed by atoms with Crippen LogP contribution in [0.25, 0.3) is 11.2 Å². The Kier molecular flexibility index (Phi) is 4.49. The molecule has 0 fully saturated rings. The number of fused-ring (bicyclic) bond motifs is 1. The van der Waals surface area contributed by atoms with Crippen molar-refractivity contribution in [3.63, 3.8) is 0 Å². The van der Waals surface area contributed by atoms with Gasteiger partial charge in [0.05, 0.1) is 12.9 Å². The number of H-pyrrole nitrogens is 1. The fourth-order valence-electron chi connectivity index (χ4n) is 1.55. The molecule has 6 N–H and O–H groups in total. The quantitative estimate of drug-likeness (QED) is 0.394. The van der Waals surface area contributed by atoms with Gasteiger partial charge in [0.15, 0.2) is 11.2 Å². The number of aromatic amines is 1. The molecule has 0 spiro atoms. The lowest BCUT2D eigenvalue weighted by Gasteiger charge is -2.12. The highest BCUT2D eigenvalue weighted by Gasteiger charge is 2.32. The van der Waals surface area contributed by atoms with Gasteiger partial charge in [-0.05, 0) is 0 Å². The fraction of sp³-hybridized carbons (Fsp3) is 0.286. The van der Waals surface area contributed by atoms with Gasteiger partial charge in [0, 0.05) is 6.54 Å². The third-order valence-corrected chi connectivity index (χ3v) is 4.47. The number of rotatable bonds is 6. The monoisotopic (exact) mass is 355 g/mol. The van der Waals surface area contributed by atoms with Crippen molar-refractivity contribution in [1.29, 1.82) is 0 Å². The molecule has 1 atom stereocenters. The Morgan fingerprint density at radius 3 is 2.68 bits per heavy atom. The lowest BCUT2D eigenvalue weighted by Crippen LogP contribution is -2.13. The first kappa shape index (κ1) is 16.8. The number of nitrogen functional groups attached to an aromatic ring is 1. The summed E-state index contributed by atoms with van der Waals surface area (Å²) in [6, 6.07) is 0. The van der Waals surface area contributed by atoms with Crippen LogP contribution in [0, 0.1) is 0 Å². The van der Waals surface area contributed by atoms with E-state index >= 15 is 0 Å². The van der Waals surface area contributed by atoms with Gasteiger partial charge >= 0.3 is 15.6 Å². The third-order valence-electron chi connectivity index (χ3n) is 2.29. The molecule has 0 aliphatic rings. The predicted molar refractivity (Wildman–Crippen MR) is 71.5 cm³/mol. The number of anilines is 1. The van der Waals surface area contributed by atoms with Crippen molar-refractivity contribution in [3.05, 3.63) is 16.7 Å². The highest BCUT2D eigenvalue weighted by molar-refractivity contribution is 7.60. The van der Waals surface area contributed by atoms with Crippen LogP contribution in [0.2, 0.25) is 0 Å². The number of nitrogens with zero attached hydrogens (tertiary/aromatic N) is 3. The maximum absolute atomic E-state index is 11.5. The lowest BCUT2D eigenvalue weighted by molar-refractivity contribution is 0.174. The molecule has 13 nitrogen and oxygen atoms in total. The molecule has 0 saturated heterocycles. The zero-order chi connectivity index (χ0) is 16.5. The van der Waals surface area contributed by atoms with Crippen LogP contribution in [-0.4, -0.2) is 40.8 Å². The molecule has 15 heteroatoms. The number of aromatic nitrogens is 4. The molecule has 2 aromatic heterocycles. The molecule has 0 amide bonds. The summed E-state index contributed by atoms with van der Waals surface area (Å²) in [6.07, 6.45) is 1.22. The van der Waals surface area contributed by atoms with Crippen molar-refractivity contribution in [1.82, 2.24) is 19.5 Å². The van der Waals surface area contributed by atoms with Gasteiger partial charge in [0.25, 0.3) is 5.56 Å². The lowest BCUT2D eigenvalue weighted by atomic mass is 10.5. The van der Waals surface area contributed by atoms with Crippen LogP contribution in [-0.2, 0) is 24.5 Å². The van der Waals surface area contributed by atoms with Crippen LogP contribution in [0.15, 0.2) is 11.1 Å². The van der Waals surface area contributed by atoms with E-state index in [1.807, 2.05) is 0 Å². The van der Waals surface area contributed by atoms with Gasteiger partial charge in [0.2, 0.25) is 5.95 Å². The smallest absolute Gasteiger partial charge is 0.369 e. The van der Waals surface area contributed by atoms with Crippen molar-refractivity contribution in [3.8, 4) is 0 Å². The number of hydrogen-bond acceptors (Lipinski definition) is 8. The topological polar surface area (TPSA) is 203 Å². The van der Waals surface area contributed by atoms with E-state index in [0.29, 0.717) is 0 Å². The summed E-state index contributed by atoms with van der Waals surface area (Å²) in [4.78, 5) is 47.4. The molecule has 0 aromatic carbocycles. The van der Waals surface area contributed by atoms with Crippen LogP contribution < -0.4 is 11.3 Å². The highest BCUT2D eigenvalue weighted by atomic mass is 31.3. The van der Waals surface area contributed by atoms with Crippen molar-refractivity contribution in [2.45, 2.75) is 6.54 Å². The first-order valence-electron chi connectivity index (χ1n) is 5.52. The number of phosphoric ester groups is 1. The average Bonchev–Trinajstić information content (AvgIpc) is 2.69. The Bertz CT molecular complexity index is 839. The van der Waals surface area contributed by atoms with Gasteiger partial charge in [-0.2, -0.15) is 9.29 Å². The zero-order valence-corrected chi connectivity index (χ0v) is 12.5. The Hall–Kier alpha value is -1.59. The minimum atomic E-state index is -5.17. The second-order valence-corrected chi connectivity index (χ2v) is 6.77. The number of hydrogen-bond donors (Lipinski definition) is 5. The van der Waals surface area contributed by atoms with E-state index in [2.05, 4.69) is 23.8 Å². The van der Waals surface area contributed by atoms with Crippen LogP contribution in [0.1, 0.15) is 0 Å². The normalized spacial score (nSPS) is 15.0. The van der Waals surface area contributed by atoms with Gasteiger partial charge in [-0.15, -0.1) is 0 Å². The summed E-state index contributed by atoms with van der Waals surface area (Å²) in [5.41, 5.74) is 4.96. The molecule has 2 aromatic rings. The summed E-state index contributed by atoms with van der Waals surface area (Å²) < 4.78 is 31.0. The first-order chi connectivity index (χ1) is 10.1. The summed E-state index contributed by atoms with van der Waals surface area (Å²) in [5.74, 6) is -0.141. The summed E-state index contributed by atoms with van der Waals surface area (Å²) in [5, 5.41) is 0. The van der Waals surface area contributed by atoms with Gasteiger partial charge in [-0.1, -0.05) is 0 Å². The molecule has 0 bridgehead atoms. The molecular weight excluding hydrogens is 344 g/mol. The first-order valence-corrected chi connectivity index (χ1v) is 8.55. The molecule has 122 valence electrons. The number of imidazole rings is 1. The van der Waals surface area contributed by atoms with Crippen molar-refractivity contribution in [2.75, 3.05) is 12.3 Å². The standard InChI is InChI=1S/C7H11N5O8P2/c8-7-10-5-4(6(13)11-7)9-3-12(5)1-2-19-22(17,18)20-21(14,15)16/h3H,1-2H2,(H,17,18)(H2,14,15,16)(H3,8,10,11,13). The molecule has 0 radical (unpaired) electrons. The van der Waals surface area contributed by atoms with Crippen LogP contribution >= 0.6 is 15.6 Å². The molecular formula is C7H11N5O8P2. The molecule has 2 heterocycles. The van der Waals surface area contributed by atoms with Crippen LogP contribution in [0.3, 0.4) is 0 Å². The second kappa shape index (κ2) is 5.89. The summed E-state index contributed by atoms with van der Waals surface area (Å²) >= 11 is 0. The van der Waals surface area contributed by atoms with E-state index in [4.69, 9.17) is 20.4 Å². The number of phosphoric acid groups is 2. The third kappa shape index (κ3) is 4.21. The van der Waals surface area contributed by atoms with E-state index < -0.39 is 27.8 Å². The summed E-state index contributed by atoms with van der Waals surface area (Å²) in [7, 11) is -10.1. The Labute approximate surface area is 121 Å². The maximum Gasteiger partial charge on any atom is 0.481 e. The molecule has 1 unspecified atom stereocenters. The van der Waals surface area contributed by atoms with E-state index in [1.54, 1.807) is 0 Å². The zero-order valence-electron chi connectivity index (χ0n) is 10.7. The number of nitrogens with one attached hydrogen (secondary N) is 1. The minimum absolute atomic E-state index is 0.00727. The fourth-order valence-corrected chi connectivity index (χ4v) is 3.12. The Balaban J connectivity index is 2.08. The van der Waals surface area contributed by atoms with Gasteiger partial charge < -0.3 is 25.0 Å². The number of nitrogens with two attached hydrogens (primary N) is 1. The van der Waals surface area contributed by atoms with Crippen LogP contribution in [0.5, 0.6) is 0 Å². The molecule has 0 saturated carbocycles. The predicted octanol–water partition coefficient (Wildman–Crippen LogP) is -1.07. The highest BCUT2D eigenvalue weighted by Crippen LogP contribution is 2.57. The van der Waals surface area contributed by atoms with E-state index in [0.717, 1.165) is 0 Å². The van der Waals surface area contributed by atoms with Gasteiger partial charge in [-0.25, -0.2) is 14.1 Å². The second-order valence-electron chi connectivity index (χ2n) is 3.94. The molecule has 0 aliphatic carbocycles. The maximum atomic E-state index is 11.5. The van der Waals surface area contributed by atoms with E-state index in [1.165, 1.54) is 10.9 Å². The van der Waals surface area contributed by atoms with Crippen molar-refractivity contribution >= 4 is 32.8 Å². The van der Waals surface area contributed by atoms with E-state index in [9.17, 15) is 13.9 Å². The van der Waals surface area contributed by atoms with Gasteiger partial charge in [-0.3, -0.25) is 14.3 Å². The largest absolute Gasteiger partial charge is 0.481 e. The molecule has 0 aliphatic heterocycles. The Morgan fingerprint density at radius 1 is 1.36 bits per heavy atom. The molecule has 22 heavy (non-hydrogen) atoms.